The molecule has 7 heteroatoms. The molecule has 0 atom stereocenters. The molecule has 1 aromatic heterocycles. The first-order chi connectivity index (χ1) is 9.51. The van der Waals surface area contributed by atoms with Gasteiger partial charge in [-0.25, -0.2) is 19.6 Å². The third kappa shape index (κ3) is 2.89. The van der Waals surface area contributed by atoms with E-state index in [0.717, 1.165) is 6.07 Å². The molecule has 0 aliphatic carbocycles. The van der Waals surface area contributed by atoms with Gasteiger partial charge in [0.1, 0.15) is 5.82 Å². The molecule has 4 N–H and O–H groups in total. The van der Waals surface area contributed by atoms with Crippen LogP contribution in [0.1, 0.15) is 15.9 Å². The predicted octanol–water partition coefficient (Wildman–Crippen LogP) is 2.21. The molecule has 1 aromatic carbocycles. The molecule has 104 valence electrons. The highest BCUT2D eigenvalue weighted by molar-refractivity contribution is 6.04. The first kappa shape index (κ1) is 13.9. The topological polar surface area (TPSA) is 80.0 Å². The number of carbonyl (C=O) groups excluding carboxylic acids is 1. The normalized spacial score (nSPS) is 10.2. The standard InChI is InChI=1S/C13H12F2N4O/c1-7-4-8(14)6-9(5-7)18-13(20)10-2-3-17-12(19-16)11(10)15/h2-6H,16H2,1H3,(H,17,19)(H,18,20). The van der Waals surface area contributed by atoms with Crippen molar-refractivity contribution in [1.82, 2.24) is 4.98 Å². The van der Waals surface area contributed by atoms with Gasteiger partial charge in [-0.2, -0.15) is 0 Å². The minimum absolute atomic E-state index is 0.241. The maximum Gasteiger partial charge on any atom is 0.258 e. The first-order valence-electron chi connectivity index (χ1n) is 5.71. The van der Waals surface area contributed by atoms with Crippen LogP contribution in [0, 0.1) is 18.6 Å². The number of amides is 1. The van der Waals surface area contributed by atoms with Gasteiger partial charge >= 0.3 is 0 Å². The Morgan fingerprint density at radius 1 is 1.30 bits per heavy atom. The second-order valence-electron chi connectivity index (χ2n) is 4.14. The average Bonchev–Trinajstić information content (AvgIpc) is 2.37. The van der Waals surface area contributed by atoms with E-state index in [0.29, 0.717) is 5.56 Å². The summed E-state index contributed by atoms with van der Waals surface area (Å²) in [7, 11) is 0. The van der Waals surface area contributed by atoms with Gasteiger partial charge in [-0.05, 0) is 36.8 Å². The second-order valence-corrected chi connectivity index (χ2v) is 4.14. The largest absolute Gasteiger partial charge is 0.322 e. The van der Waals surface area contributed by atoms with Crippen LogP contribution >= 0.6 is 0 Å². The zero-order valence-corrected chi connectivity index (χ0v) is 10.6. The van der Waals surface area contributed by atoms with E-state index in [2.05, 4.69) is 10.3 Å². The van der Waals surface area contributed by atoms with Gasteiger partial charge < -0.3 is 10.7 Å². The Labute approximate surface area is 113 Å². The highest BCUT2D eigenvalue weighted by Gasteiger charge is 2.16. The number of benzene rings is 1. The summed E-state index contributed by atoms with van der Waals surface area (Å²) in [5, 5.41) is 2.42. The number of hydrazine groups is 1. The summed E-state index contributed by atoms with van der Waals surface area (Å²) >= 11 is 0. The zero-order valence-electron chi connectivity index (χ0n) is 10.6. The number of anilines is 2. The maximum absolute atomic E-state index is 13.8. The Kier molecular flexibility index (Phi) is 3.90. The van der Waals surface area contributed by atoms with Crippen molar-refractivity contribution in [2.75, 3.05) is 10.7 Å². The van der Waals surface area contributed by atoms with E-state index in [4.69, 9.17) is 5.84 Å². The number of rotatable bonds is 3. The van der Waals surface area contributed by atoms with Gasteiger partial charge in [0.2, 0.25) is 0 Å². The van der Waals surface area contributed by atoms with E-state index in [9.17, 15) is 13.6 Å². The molecular weight excluding hydrogens is 266 g/mol. The number of nitrogen functional groups attached to an aromatic ring is 1. The SMILES string of the molecule is Cc1cc(F)cc(NC(=O)c2ccnc(NN)c2F)c1. The van der Waals surface area contributed by atoms with Crippen molar-refractivity contribution in [1.29, 1.82) is 0 Å². The summed E-state index contributed by atoms with van der Waals surface area (Å²) < 4.78 is 27.1. The molecule has 0 saturated carbocycles. The van der Waals surface area contributed by atoms with E-state index in [1.165, 1.54) is 18.3 Å². The van der Waals surface area contributed by atoms with Crippen molar-refractivity contribution in [3.8, 4) is 0 Å². The van der Waals surface area contributed by atoms with Crippen LogP contribution in [0.5, 0.6) is 0 Å². The van der Waals surface area contributed by atoms with Crippen LogP contribution in [-0.2, 0) is 0 Å². The van der Waals surface area contributed by atoms with Gasteiger partial charge in [-0.1, -0.05) is 0 Å². The summed E-state index contributed by atoms with van der Waals surface area (Å²) in [6.45, 7) is 1.68. The fourth-order valence-electron chi connectivity index (χ4n) is 1.73. The van der Waals surface area contributed by atoms with Gasteiger partial charge in [-0.15, -0.1) is 0 Å². The highest BCUT2D eigenvalue weighted by atomic mass is 19.1. The number of carbonyl (C=O) groups is 1. The van der Waals surface area contributed by atoms with E-state index >= 15 is 0 Å². The zero-order chi connectivity index (χ0) is 14.7. The van der Waals surface area contributed by atoms with Gasteiger partial charge in [0.05, 0.1) is 5.56 Å². The lowest BCUT2D eigenvalue weighted by Gasteiger charge is -2.09. The number of nitrogens with zero attached hydrogens (tertiary/aromatic N) is 1. The molecule has 0 aliphatic rings. The molecule has 0 saturated heterocycles. The van der Waals surface area contributed by atoms with Crippen LogP contribution in [0.4, 0.5) is 20.3 Å². The third-order valence-corrected chi connectivity index (χ3v) is 2.57. The van der Waals surface area contributed by atoms with Crippen molar-refractivity contribution in [2.45, 2.75) is 6.92 Å². The molecule has 0 radical (unpaired) electrons. The monoisotopic (exact) mass is 278 g/mol. The molecule has 2 rings (SSSR count). The van der Waals surface area contributed by atoms with Crippen LogP contribution in [0.3, 0.4) is 0 Å². The molecule has 0 aliphatic heterocycles. The van der Waals surface area contributed by atoms with Gasteiger partial charge in [0, 0.05) is 11.9 Å². The third-order valence-electron chi connectivity index (χ3n) is 2.57. The smallest absolute Gasteiger partial charge is 0.258 e. The van der Waals surface area contributed by atoms with Crippen LogP contribution in [-0.4, -0.2) is 10.9 Å². The summed E-state index contributed by atoms with van der Waals surface area (Å²) in [4.78, 5) is 15.6. The Bertz CT molecular complexity index is 641. The minimum Gasteiger partial charge on any atom is -0.322 e. The molecule has 1 amide bonds. The molecule has 0 bridgehead atoms. The second kappa shape index (κ2) is 5.62. The van der Waals surface area contributed by atoms with E-state index in [1.54, 1.807) is 13.0 Å². The van der Waals surface area contributed by atoms with E-state index < -0.39 is 17.5 Å². The van der Waals surface area contributed by atoms with Crippen LogP contribution in [0.25, 0.3) is 0 Å². The van der Waals surface area contributed by atoms with E-state index in [-0.39, 0.29) is 17.1 Å². The van der Waals surface area contributed by atoms with Crippen LogP contribution < -0.4 is 16.6 Å². The van der Waals surface area contributed by atoms with Crippen LogP contribution in [0.15, 0.2) is 30.5 Å². The Balaban J connectivity index is 2.28. The van der Waals surface area contributed by atoms with Crippen molar-refractivity contribution in [2.24, 2.45) is 5.84 Å². The van der Waals surface area contributed by atoms with Gasteiger partial charge in [0.25, 0.3) is 5.91 Å². The fraction of sp³-hybridized carbons (Fsp3) is 0.0769. The molecule has 1 heterocycles. The van der Waals surface area contributed by atoms with Crippen molar-refractivity contribution in [3.05, 3.63) is 53.2 Å². The number of aryl methyl sites for hydroxylation is 1. The summed E-state index contributed by atoms with van der Waals surface area (Å²) in [5.74, 6) is 2.76. The molecular formula is C13H12F2N4O. The first-order valence-corrected chi connectivity index (χ1v) is 5.71. The fourth-order valence-corrected chi connectivity index (χ4v) is 1.73. The molecule has 2 aromatic rings. The number of hydrogen-bond donors (Lipinski definition) is 3. The molecule has 0 spiro atoms. The van der Waals surface area contributed by atoms with Crippen molar-refractivity contribution < 1.29 is 13.6 Å². The van der Waals surface area contributed by atoms with Gasteiger partial charge in [-0.3, -0.25) is 4.79 Å². The van der Waals surface area contributed by atoms with Crippen molar-refractivity contribution in [3.63, 3.8) is 0 Å². The summed E-state index contributed by atoms with van der Waals surface area (Å²) in [6.07, 6.45) is 1.24. The molecule has 5 nitrogen and oxygen atoms in total. The molecule has 20 heavy (non-hydrogen) atoms. The number of pyridine rings is 1. The lowest BCUT2D eigenvalue weighted by atomic mass is 10.2. The Morgan fingerprint density at radius 3 is 2.70 bits per heavy atom. The lowest BCUT2D eigenvalue weighted by Crippen LogP contribution is -2.17. The maximum atomic E-state index is 13.8. The van der Waals surface area contributed by atoms with Crippen molar-refractivity contribution >= 4 is 17.4 Å². The number of hydrogen-bond acceptors (Lipinski definition) is 4. The average molecular weight is 278 g/mol. The number of halogens is 2. The Hall–Kier alpha value is -2.54. The van der Waals surface area contributed by atoms with Crippen LogP contribution in [0.2, 0.25) is 0 Å². The molecule has 0 fully saturated rings. The summed E-state index contributed by atoms with van der Waals surface area (Å²) in [6, 6.07) is 5.24. The van der Waals surface area contributed by atoms with E-state index in [1.807, 2.05) is 5.43 Å². The predicted molar refractivity (Wildman–Crippen MR) is 71.1 cm³/mol. The van der Waals surface area contributed by atoms with Gasteiger partial charge in [0.15, 0.2) is 11.6 Å². The minimum atomic E-state index is -0.874. The number of nitrogens with one attached hydrogen (secondary N) is 2. The summed E-state index contributed by atoms with van der Waals surface area (Å²) in [5.41, 5.74) is 2.69. The lowest BCUT2D eigenvalue weighted by molar-refractivity contribution is 0.102. The molecule has 0 unspecified atom stereocenters. The number of nitrogens with two attached hydrogens (primary N) is 1. The number of aromatic nitrogens is 1. The Morgan fingerprint density at radius 2 is 2.05 bits per heavy atom. The highest BCUT2D eigenvalue weighted by Crippen LogP contribution is 2.18. The quantitative estimate of drug-likeness (QED) is 0.594.